The number of benzene rings is 1. The minimum Gasteiger partial charge on any atom is -0.497 e. The maximum absolute atomic E-state index is 5.90. The van der Waals surface area contributed by atoms with Gasteiger partial charge in [0.1, 0.15) is 23.6 Å². The maximum Gasteiger partial charge on any atom is 0.130 e. The smallest absolute Gasteiger partial charge is 0.130 e. The molecule has 0 aliphatic carbocycles. The predicted molar refractivity (Wildman–Crippen MR) is 74.4 cm³/mol. The van der Waals surface area contributed by atoms with Gasteiger partial charge in [0.25, 0.3) is 0 Å². The van der Waals surface area contributed by atoms with Gasteiger partial charge in [-0.25, -0.2) is 9.97 Å². The average Bonchev–Trinajstić information content (AvgIpc) is 2.46. The molecule has 0 aliphatic rings. The van der Waals surface area contributed by atoms with E-state index in [-0.39, 0.29) is 0 Å². The van der Waals surface area contributed by atoms with Crippen LogP contribution in [0.1, 0.15) is 12.5 Å². The van der Waals surface area contributed by atoms with Crippen molar-refractivity contribution in [1.82, 2.24) is 9.97 Å². The average molecular weight is 259 g/mol. The topological polar surface area (TPSA) is 70.3 Å². The van der Waals surface area contributed by atoms with Crippen LogP contribution in [0.2, 0.25) is 0 Å². The Balaban J connectivity index is 2.61. The predicted octanol–water partition coefficient (Wildman–Crippen LogP) is 2.31. The molecule has 0 aliphatic heterocycles. The molecule has 5 nitrogen and oxygen atoms in total. The first-order chi connectivity index (χ1) is 9.19. The van der Waals surface area contributed by atoms with Crippen molar-refractivity contribution in [1.29, 1.82) is 0 Å². The number of hydrogen-bond acceptors (Lipinski definition) is 5. The summed E-state index contributed by atoms with van der Waals surface area (Å²) in [6.07, 6.45) is 2.23. The number of aromatic nitrogens is 2. The molecule has 0 saturated carbocycles. The SMILES string of the molecule is CCc1c(N)ncnc1-c1cc(OC)cc(OC)c1. The quantitative estimate of drug-likeness (QED) is 0.912. The number of methoxy groups -OCH3 is 2. The van der Waals surface area contributed by atoms with Gasteiger partial charge in [0.15, 0.2) is 0 Å². The summed E-state index contributed by atoms with van der Waals surface area (Å²) in [5.74, 6) is 1.94. The van der Waals surface area contributed by atoms with E-state index in [4.69, 9.17) is 15.2 Å². The molecule has 0 radical (unpaired) electrons. The van der Waals surface area contributed by atoms with E-state index in [1.54, 1.807) is 14.2 Å². The fourth-order valence-corrected chi connectivity index (χ4v) is 1.97. The summed E-state index contributed by atoms with van der Waals surface area (Å²) >= 11 is 0. The van der Waals surface area contributed by atoms with Gasteiger partial charge in [-0.15, -0.1) is 0 Å². The minimum absolute atomic E-state index is 0.509. The van der Waals surface area contributed by atoms with E-state index >= 15 is 0 Å². The summed E-state index contributed by atoms with van der Waals surface area (Å²) in [5.41, 5.74) is 8.54. The Morgan fingerprint density at radius 2 is 1.68 bits per heavy atom. The van der Waals surface area contributed by atoms with Gasteiger partial charge in [-0.1, -0.05) is 6.92 Å². The number of nitrogen functional groups attached to an aromatic ring is 1. The lowest BCUT2D eigenvalue weighted by atomic mass is 10.0. The molecule has 0 saturated heterocycles. The van der Waals surface area contributed by atoms with E-state index in [1.165, 1.54) is 6.33 Å². The minimum atomic E-state index is 0.509. The Bertz CT molecular complexity index is 563. The third-order valence-electron chi connectivity index (χ3n) is 2.96. The van der Waals surface area contributed by atoms with Crippen LogP contribution in [0.5, 0.6) is 11.5 Å². The summed E-state index contributed by atoms with van der Waals surface area (Å²) in [7, 11) is 3.24. The summed E-state index contributed by atoms with van der Waals surface area (Å²) in [4.78, 5) is 8.35. The molecule has 0 atom stereocenters. The van der Waals surface area contributed by atoms with Crippen LogP contribution in [0.4, 0.5) is 5.82 Å². The highest BCUT2D eigenvalue weighted by Gasteiger charge is 2.12. The van der Waals surface area contributed by atoms with Gasteiger partial charge in [0.2, 0.25) is 0 Å². The molecule has 100 valence electrons. The van der Waals surface area contributed by atoms with E-state index in [9.17, 15) is 0 Å². The number of nitrogens with two attached hydrogens (primary N) is 1. The molecule has 2 N–H and O–H groups in total. The van der Waals surface area contributed by atoms with Crippen molar-refractivity contribution < 1.29 is 9.47 Å². The van der Waals surface area contributed by atoms with Crippen molar-refractivity contribution >= 4 is 5.82 Å². The number of ether oxygens (including phenoxy) is 2. The summed E-state index contributed by atoms with van der Waals surface area (Å²) in [6.45, 7) is 2.02. The molecule has 1 aromatic heterocycles. The van der Waals surface area contributed by atoms with Gasteiger partial charge in [-0.05, 0) is 18.6 Å². The Morgan fingerprint density at radius 3 is 2.21 bits per heavy atom. The van der Waals surface area contributed by atoms with E-state index in [2.05, 4.69) is 9.97 Å². The number of nitrogens with zero attached hydrogens (tertiary/aromatic N) is 2. The number of rotatable bonds is 4. The van der Waals surface area contributed by atoms with Crippen molar-refractivity contribution in [2.45, 2.75) is 13.3 Å². The Morgan fingerprint density at radius 1 is 1.05 bits per heavy atom. The molecule has 0 bridgehead atoms. The van der Waals surface area contributed by atoms with Crippen LogP contribution in [0.3, 0.4) is 0 Å². The molecule has 1 aromatic carbocycles. The molecule has 0 amide bonds. The lowest BCUT2D eigenvalue weighted by molar-refractivity contribution is 0.394. The van der Waals surface area contributed by atoms with Crippen molar-refractivity contribution in [3.63, 3.8) is 0 Å². The first-order valence-corrected chi connectivity index (χ1v) is 6.02. The van der Waals surface area contributed by atoms with Crippen LogP contribution in [0.25, 0.3) is 11.3 Å². The second-order valence-corrected chi connectivity index (χ2v) is 4.04. The second-order valence-electron chi connectivity index (χ2n) is 4.04. The maximum atomic E-state index is 5.90. The van der Waals surface area contributed by atoms with Crippen molar-refractivity contribution in [2.24, 2.45) is 0 Å². The Kier molecular flexibility index (Phi) is 3.85. The largest absolute Gasteiger partial charge is 0.497 e. The van der Waals surface area contributed by atoms with E-state index in [0.29, 0.717) is 17.3 Å². The zero-order valence-corrected chi connectivity index (χ0v) is 11.3. The summed E-state index contributed by atoms with van der Waals surface area (Å²) in [6, 6.07) is 5.63. The highest BCUT2D eigenvalue weighted by molar-refractivity contribution is 5.70. The third kappa shape index (κ3) is 2.59. The van der Waals surface area contributed by atoms with E-state index in [0.717, 1.165) is 23.2 Å². The highest BCUT2D eigenvalue weighted by atomic mass is 16.5. The van der Waals surface area contributed by atoms with Crippen molar-refractivity contribution in [3.8, 4) is 22.8 Å². The first kappa shape index (κ1) is 13.1. The van der Waals surface area contributed by atoms with E-state index < -0.39 is 0 Å². The zero-order chi connectivity index (χ0) is 13.8. The van der Waals surface area contributed by atoms with Gasteiger partial charge in [0.05, 0.1) is 19.9 Å². The van der Waals surface area contributed by atoms with Crippen molar-refractivity contribution in [2.75, 3.05) is 20.0 Å². The number of hydrogen-bond donors (Lipinski definition) is 1. The molecule has 2 aromatic rings. The van der Waals surface area contributed by atoms with Crippen LogP contribution < -0.4 is 15.2 Å². The standard InChI is InChI=1S/C14H17N3O2/c1-4-12-13(16-8-17-14(12)15)9-5-10(18-2)7-11(6-9)19-3/h5-8H,4H2,1-3H3,(H2,15,16,17). The van der Waals surface area contributed by atoms with Crippen LogP contribution in [0, 0.1) is 0 Å². The normalized spacial score (nSPS) is 10.3. The zero-order valence-electron chi connectivity index (χ0n) is 11.3. The molecule has 2 rings (SSSR count). The molecule has 0 unspecified atom stereocenters. The Labute approximate surface area is 112 Å². The van der Waals surface area contributed by atoms with E-state index in [1.807, 2.05) is 25.1 Å². The van der Waals surface area contributed by atoms with Gasteiger partial charge >= 0.3 is 0 Å². The fraction of sp³-hybridized carbons (Fsp3) is 0.286. The van der Waals surface area contributed by atoms with Gasteiger partial charge in [-0.3, -0.25) is 0 Å². The molecule has 0 spiro atoms. The van der Waals surface area contributed by atoms with Crippen LogP contribution in [-0.4, -0.2) is 24.2 Å². The van der Waals surface area contributed by atoms with Crippen molar-refractivity contribution in [3.05, 3.63) is 30.1 Å². The fourth-order valence-electron chi connectivity index (χ4n) is 1.97. The molecule has 19 heavy (non-hydrogen) atoms. The number of anilines is 1. The molecule has 1 heterocycles. The van der Waals surface area contributed by atoms with Crippen LogP contribution in [-0.2, 0) is 6.42 Å². The first-order valence-electron chi connectivity index (χ1n) is 6.02. The highest BCUT2D eigenvalue weighted by Crippen LogP contribution is 2.31. The van der Waals surface area contributed by atoms with Gasteiger partial charge in [-0.2, -0.15) is 0 Å². The molecule has 5 heteroatoms. The Hall–Kier alpha value is -2.30. The van der Waals surface area contributed by atoms with Gasteiger partial charge in [0, 0.05) is 17.2 Å². The lowest BCUT2D eigenvalue weighted by Gasteiger charge is -2.11. The summed E-state index contributed by atoms with van der Waals surface area (Å²) in [5, 5.41) is 0. The second kappa shape index (κ2) is 5.56. The molecular weight excluding hydrogens is 242 g/mol. The summed E-state index contributed by atoms with van der Waals surface area (Å²) < 4.78 is 10.5. The van der Waals surface area contributed by atoms with Gasteiger partial charge < -0.3 is 15.2 Å². The lowest BCUT2D eigenvalue weighted by Crippen LogP contribution is -2.01. The molecular formula is C14H17N3O2. The monoisotopic (exact) mass is 259 g/mol. The molecule has 0 fully saturated rings. The third-order valence-corrected chi connectivity index (χ3v) is 2.96. The van der Waals surface area contributed by atoms with Crippen LogP contribution in [0.15, 0.2) is 24.5 Å². The van der Waals surface area contributed by atoms with Crippen LogP contribution >= 0.6 is 0 Å².